The van der Waals surface area contributed by atoms with Crippen LogP contribution in [0.2, 0.25) is 0 Å². The number of piperazine rings is 1. The van der Waals surface area contributed by atoms with Gasteiger partial charge in [0.25, 0.3) is 0 Å². The Morgan fingerprint density at radius 2 is 1.95 bits per heavy atom. The zero-order chi connectivity index (χ0) is 16.2. The summed E-state index contributed by atoms with van der Waals surface area (Å²) in [7, 11) is 1.65. The molecule has 0 radical (unpaired) electrons. The summed E-state index contributed by atoms with van der Waals surface area (Å²) in [4.78, 5) is 27.1. The van der Waals surface area contributed by atoms with Crippen LogP contribution in [-0.2, 0) is 14.3 Å². The highest BCUT2D eigenvalue weighted by Gasteiger charge is 2.46. The molecular weight excluding hydrogens is 268 g/mol. The number of nitrogens with zero attached hydrogens (tertiary/aromatic N) is 1. The predicted octanol–water partition coefficient (Wildman–Crippen LogP) is 1.81. The lowest BCUT2D eigenvalue weighted by Gasteiger charge is -2.45. The van der Waals surface area contributed by atoms with E-state index in [-0.39, 0.29) is 29.2 Å². The van der Waals surface area contributed by atoms with E-state index in [1.807, 2.05) is 34.6 Å². The number of rotatable bonds is 6. The third-order valence-corrected chi connectivity index (χ3v) is 4.22. The van der Waals surface area contributed by atoms with Crippen molar-refractivity contribution >= 4 is 11.8 Å². The number of amides is 2. The summed E-state index contributed by atoms with van der Waals surface area (Å²) in [5, 5.41) is 2.93. The van der Waals surface area contributed by atoms with E-state index in [0.29, 0.717) is 13.2 Å². The van der Waals surface area contributed by atoms with Crippen molar-refractivity contribution in [2.75, 3.05) is 20.3 Å². The predicted molar refractivity (Wildman–Crippen MR) is 82.8 cm³/mol. The Balaban J connectivity index is 2.99. The first kappa shape index (κ1) is 18.0. The zero-order valence-electron chi connectivity index (χ0n) is 14.2. The van der Waals surface area contributed by atoms with Gasteiger partial charge in [0, 0.05) is 20.3 Å². The van der Waals surface area contributed by atoms with E-state index < -0.39 is 6.04 Å². The van der Waals surface area contributed by atoms with Gasteiger partial charge in [-0.3, -0.25) is 9.59 Å². The molecule has 1 aliphatic heterocycles. The number of carbonyl (C=O) groups excluding carboxylic acids is 2. The van der Waals surface area contributed by atoms with Gasteiger partial charge in [-0.15, -0.1) is 0 Å². The van der Waals surface area contributed by atoms with Crippen molar-refractivity contribution < 1.29 is 14.3 Å². The first-order valence-corrected chi connectivity index (χ1v) is 7.83. The van der Waals surface area contributed by atoms with E-state index in [1.54, 1.807) is 12.0 Å². The number of ether oxygens (including phenoxy) is 1. The lowest BCUT2D eigenvalue weighted by atomic mass is 9.82. The second-order valence-electron chi connectivity index (χ2n) is 7.02. The van der Waals surface area contributed by atoms with Crippen LogP contribution in [0.25, 0.3) is 0 Å². The molecule has 1 N–H and O–H groups in total. The van der Waals surface area contributed by atoms with Crippen LogP contribution in [0.5, 0.6) is 0 Å². The minimum atomic E-state index is -0.451. The number of nitrogens with one attached hydrogen (secondary N) is 1. The fraction of sp³-hybridized carbons (Fsp3) is 0.875. The number of carbonyl (C=O) groups is 2. The van der Waals surface area contributed by atoms with E-state index in [4.69, 9.17) is 4.74 Å². The van der Waals surface area contributed by atoms with Gasteiger partial charge in [0.15, 0.2) is 0 Å². The maximum Gasteiger partial charge on any atom is 0.246 e. The second kappa shape index (κ2) is 7.25. The van der Waals surface area contributed by atoms with Gasteiger partial charge in [0.2, 0.25) is 11.8 Å². The molecule has 0 aromatic heterocycles. The van der Waals surface area contributed by atoms with Gasteiger partial charge in [0.1, 0.15) is 12.1 Å². The van der Waals surface area contributed by atoms with Gasteiger partial charge in [-0.2, -0.15) is 0 Å². The zero-order valence-corrected chi connectivity index (χ0v) is 14.2. The third-order valence-electron chi connectivity index (χ3n) is 4.22. The first-order valence-electron chi connectivity index (χ1n) is 7.83. The Bertz CT molecular complexity index is 376. The lowest BCUT2D eigenvalue weighted by Crippen LogP contribution is -2.68. The third kappa shape index (κ3) is 4.19. The highest BCUT2D eigenvalue weighted by molar-refractivity contribution is 5.97. The van der Waals surface area contributed by atoms with Crippen LogP contribution in [0, 0.1) is 11.3 Å². The molecule has 21 heavy (non-hydrogen) atoms. The molecule has 1 saturated heterocycles. The maximum absolute atomic E-state index is 12.8. The molecule has 1 fully saturated rings. The SMILES string of the molecule is CCC(C)C1C(=O)NC(C(C)(C)C)C(=O)N1CCCOC. The minimum absolute atomic E-state index is 0.0266. The van der Waals surface area contributed by atoms with Gasteiger partial charge in [0.05, 0.1) is 0 Å². The number of methoxy groups -OCH3 is 1. The maximum atomic E-state index is 12.8. The molecule has 0 aromatic rings. The van der Waals surface area contributed by atoms with Gasteiger partial charge < -0.3 is 15.0 Å². The summed E-state index contributed by atoms with van der Waals surface area (Å²) < 4.78 is 5.07. The smallest absolute Gasteiger partial charge is 0.246 e. The summed E-state index contributed by atoms with van der Waals surface area (Å²) in [6, 6.07) is -0.814. The molecule has 0 spiro atoms. The van der Waals surface area contributed by atoms with Crippen LogP contribution in [0.4, 0.5) is 0 Å². The Hall–Kier alpha value is -1.10. The highest BCUT2D eigenvalue weighted by atomic mass is 16.5. The molecular formula is C16H30N2O3. The van der Waals surface area contributed by atoms with E-state index in [1.165, 1.54) is 0 Å². The molecule has 122 valence electrons. The molecule has 3 unspecified atom stereocenters. The minimum Gasteiger partial charge on any atom is -0.385 e. The Morgan fingerprint density at radius 1 is 1.33 bits per heavy atom. The van der Waals surface area contributed by atoms with Crippen LogP contribution in [0.15, 0.2) is 0 Å². The van der Waals surface area contributed by atoms with E-state index >= 15 is 0 Å². The van der Waals surface area contributed by atoms with E-state index in [9.17, 15) is 9.59 Å². The quantitative estimate of drug-likeness (QED) is 0.761. The molecule has 0 bridgehead atoms. The van der Waals surface area contributed by atoms with Crippen molar-refractivity contribution in [2.24, 2.45) is 11.3 Å². The Labute approximate surface area is 128 Å². The summed E-state index contributed by atoms with van der Waals surface area (Å²) in [6.07, 6.45) is 1.62. The largest absolute Gasteiger partial charge is 0.385 e. The van der Waals surface area contributed by atoms with Gasteiger partial charge in [-0.1, -0.05) is 41.0 Å². The van der Waals surface area contributed by atoms with Crippen molar-refractivity contribution in [3.05, 3.63) is 0 Å². The summed E-state index contributed by atoms with van der Waals surface area (Å²) in [6.45, 7) is 11.2. The molecule has 5 nitrogen and oxygen atoms in total. The molecule has 5 heteroatoms. The van der Waals surface area contributed by atoms with Crippen molar-refractivity contribution in [2.45, 2.75) is 59.5 Å². The molecule has 0 saturated carbocycles. The molecule has 1 heterocycles. The highest BCUT2D eigenvalue weighted by Crippen LogP contribution is 2.28. The molecule has 3 atom stereocenters. The standard InChI is InChI=1S/C16H30N2O3/c1-7-11(2)12-14(19)17-13(16(3,4)5)15(20)18(12)9-8-10-21-6/h11-13H,7-10H2,1-6H3,(H,17,19). The van der Waals surface area contributed by atoms with Gasteiger partial charge >= 0.3 is 0 Å². The van der Waals surface area contributed by atoms with Crippen molar-refractivity contribution in [1.82, 2.24) is 10.2 Å². The summed E-state index contributed by atoms with van der Waals surface area (Å²) in [5.41, 5.74) is -0.285. The first-order chi connectivity index (χ1) is 9.73. The van der Waals surface area contributed by atoms with Crippen LogP contribution >= 0.6 is 0 Å². The summed E-state index contributed by atoms with van der Waals surface area (Å²) in [5.74, 6) is 0.155. The van der Waals surface area contributed by atoms with Crippen molar-refractivity contribution in [1.29, 1.82) is 0 Å². The van der Waals surface area contributed by atoms with Gasteiger partial charge in [-0.25, -0.2) is 0 Å². The second-order valence-corrected chi connectivity index (χ2v) is 7.02. The number of hydrogen-bond acceptors (Lipinski definition) is 3. The van der Waals surface area contributed by atoms with Crippen LogP contribution in [0.1, 0.15) is 47.5 Å². The Kier molecular flexibility index (Phi) is 6.20. The monoisotopic (exact) mass is 298 g/mol. The van der Waals surface area contributed by atoms with Gasteiger partial charge in [-0.05, 0) is 17.8 Å². The molecule has 0 aromatic carbocycles. The molecule has 2 amide bonds. The normalized spacial score (nSPS) is 25.0. The van der Waals surface area contributed by atoms with Crippen molar-refractivity contribution in [3.63, 3.8) is 0 Å². The molecule has 1 rings (SSSR count). The van der Waals surface area contributed by atoms with Crippen LogP contribution < -0.4 is 5.32 Å². The molecule has 1 aliphatic rings. The van der Waals surface area contributed by atoms with Crippen LogP contribution in [-0.4, -0.2) is 49.1 Å². The van der Waals surface area contributed by atoms with Crippen LogP contribution in [0.3, 0.4) is 0 Å². The summed E-state index contributed by atoms with van der Waals surface area (Å²) >= 11 is 0. The van der Waals surface area contributed by atoms with Crippen molar-refractivity contribution in [3.8, 4) is 0 Å². The fourth-order valence-electron chi connectivity index (χ4n) is 2.74. The Morgan fingerprint density at radius 3 is 2.43 bits per heavy atom. The molecule has 0 aliphatic carbocycles. The fourth-order valence-corrected chi connectivity index (χ4v) is 2.74. The lowest BCUT2D eigenvalue weighted by molar-refractivity contribution is -0.154. The van der Waals surface area contributed by atoms with E-state index in [2.05, 4.69) is 5.32 Å². The van der Waals surface area contributed by atoms with E-state index in [0.717, 1.165) is 12.8 Å². The number of hydrogen-bond donors (Lipinski definition) is 1. The topological polar surface area (TPSA) is 58.6 Å². The average molecular weight is 298 g/mol. The average Bonchev–Trinajstić information content (AvgIpc) is 2.40.